The van der Waals surface area contributed by atoms with Crippen molar-refractivity contribution in [3.8, 4) is 5.75 Å². The molecule has 224 valence electrons. The van der Waals surface area contributed by atoms with Crippen LogP contribution in [-0.4, -0.2) is 55.9 Å². The molecule has 1 saturated heterocycles. The summed E-state index contributed by atoms with van der Waals surface area (Å²) in [5.74, 6) is -1.12. The number of benzene rings is 2. The maximum absolute atomic E-state index is 14.4. The Morgan fingerprint density at radius 3 is 2.17 bits per heavy atom. The number of sulfone groups is 1. The molecule has 3 aliphatic rings. The third-order valence-corrected chi connectivity index (χ3v) is 11.4. The first-order valence-electron chi connectivity index (χ1n) is 13.0. The van der Waals surface area contributed by atoms with Crippen molar-refractivity contribution < 1.29 is 49.4 Å². The average Bonchev–Trinajstić information content (AvgIpc) is 3.33. The largest absolute Gasteiger partial charge is 0.491 e. The summed E-state index contributed by atoms with van der Waals surface area (Å²) < 4.78 is 114. The van der Waals surface area contributed by atoms with Gasteiger partial charge in [-0.15, -0.1) is 0 Å². The number of ether oxygens (including phenoxy) is 1. The standard InChI is InChI=1S/C27H26ClF6NO5S/c28-18-7-9-19(10-8-18)41(38,39)24-12-13-35(23(36)16-4-2-1-3-5-16)22(24)15-40-21-14-17(6-11-20(21)24)25(37,26(29,30)31)27(32,33)34/h6-11,14,16,22,37H,1-5,12-13,15H2. The van der Waals surface area contributed by atoms with E-state index in [1.807, 2.05) is 0 Å². The molecule has 2 fully saturated rings. The molecule has 2 unspecified atom stereocenters. The molecule has 6 nitrogen and oxygen atoms in total. The molecule has 41 heavy (non-hydrogen) atoms. The van der Waals surface area contributed by atoms with Crippen molar-refractivity contribution in [2.75, 3.05) is 13.2 Å². The molecule has 1 saturated carbocycles. The van der Waals surface area contributed by atoms with Gasteiger partial charge in [-0.2, -0.15) is 26.3 Å². The lowest BCUT2D eigenvalue weighted by Gasteiger charge is -2.43. The van der Waals surface area contributed by atoms with Gasteiger partial charge >= 0.3 is 12.4 Å². The Balaban J connectivity index is 1.68. The molecular formula is C27H26ClF6NO5S. The predicted octanol–water partition coefficient (Wildman–Crippen LogP) is 5.90. The third-order valence-electron chi connectivity index (χ3n) is 8.55. The zero-order valence-corrected chi connectivity index (χ0v) is 23.0. The lowest BCUT2D eigenvalue weighted by Crippen LogP contribution is -2.56. The highest BCUT2D eigenvalue weighted by molar-refractivity contribution is 7.92. The van der Waals surface area contributed by atoms with E-state index in [9.17, 15) is 44.7 Å². The van der Waals surface area contributed by atoms with Crippen LogP contribution in [0.25, 0.3) is 0 Å². The van der Waals surface area contributed by atoms with Gasteiger partial charge in [-0.1, -0.05) is 43.0 Å². The summed E-state index contributed by atoms with van der Waals surface area (Å²) in [6, 6.07) is 5.72. The normalized spacial score (nSPS) is 24.0. The number of carbonyl (C=O) groups excluding carboxylic acids is 1. The van der Waals surface area contributed by atoms with E-state index < -0.39 is 56.5 Å². The van der Waals surface area contributed by atoms with Crippen LogP contribution in [0.1, 0.15) is 49.7 Å². The van der Waals surface area contributed by atoms with E-state index >= 15 is 0 Å². The number of nitrogens with zero attached hydrogens (tertiary/aromatic N) is 1. The molecule has 14 heteroatoms. The lowest BCUT2D eigenvalue weighted by atomic mass is 9.84. The minimum atomic E-state index is -6.14. The van der Waals surface area contributed by atoms with E-state index in [2.05, 4.69) is 0 Å². The van der Waals surface area contributed by atoms with Crippen molar-refractivity contribution in [1.82, 2.24) is 4.90 Å². The first kappa shape index (κ1) is 30.0. The van der Waals surface area contributed by atoms with Gasteiger partial charge in [0.1, 0.15) is 17.1 Å². The second-order valence-corrected chi connectivity index (χ2v) is 13.4. The SMILES string of the molecule is O=C(C1CCCCC1)N1CCC2(S(=O)(=O)c3ccc(Cl)cc3)c3ccc(C(O)(C(F)(F)F)C(F)(F)F)cc3OCC12. The molecule has 1 aliphatic carbocycles. The van der Waals surface area contributed by atoms with Crippen LogP contribution >= 0.6 is 11.6 Å². The Kier molecular flexibility index (Phi) is 7.34. The monoisotopic (exact) mass is 625 g/mol. The molecule has 2 aliphatic heterocycles. The van der Waals surface area contributed by atoms with Gasteiger partial charge in [0.05, 0.1) is 10.9 Å². The zero-order valence-electron chi connectivity index (χ0n) is 21.4. The van der Waals surface area contributed by atoms with E-state index in [1.54, 1.807) is 0 Å². The smallest absolute Gasteiger partial charge is 0.430 e. The van der Waals surface area contributed by atoms with Gasteiger partial charge in [-0.05, 0) is 49.6 Å². The van der Waals surface area contributed by atoms with Crippen molar-refractivity contribution >= 4 is 27.3 Å². The second kappa shape index (κ2) is 10.0. The number of likely N-dealkylation sites (tertiary alicyclic amines) is 1. The van der Waals surface area contributed by atoms with Crippen LogP contribution in [0.2, 0.25) is 5.02 Å². The fraction of sp³-hybridized carbons (Fsp3) is 0.519. The molecule has 1 amide bonds. The zero-order chi connectivity index (χ0) is 30.0. The molecule has 0 radical (unpaired) electrons. The molecule has 0 spiro atoms. The number of halogens is 7. The van der Waals surface area contributed by atoms with E-state index in [4.69, 9.17) is 16.3 Å². The summed E-state index contributed by atoms with van der Waals surface area (Å²) in [4.78, 5) is 14.8. The van der Waals surface area contributed by atoms with Crippen LogP contribution < -0.4 is 4.74 Å². The average molecular weight is 626 g/mol. The lowest BCUT2D eigenvalue weighted by molar-refractivity contribution is -0.376. The van der Waals surface area contributed by atoms with Crippen LogP contribution in [0.4, 0.5) is 26.3 Å². The number of fused-ring (bicyclic) bond motifs is 3. The molecule has 2 heterocycles. The number of hydrogen-bond donors (Lipinski definition) is 1. The van der Waals surface area contributed by atoms with E-state index in [0.29, 0.717) is 25.0 Å². The van der Waals surface area contributed by atoms with Crippen molar-refractivity contribution in [3.05, 3.63) is 58.6 Å². The van der Waals surface area contributed by atoms with Crippen LogP contribution in [0.3, 0.4) is 0 Å². The maximum Gasteiger partial charge on any atom is 0.430 e. The summed E-state index contributed by atoms with van der Waals surface area (Å²) >= 11 is 5.95. The van der Waals surface area contributed by atoms with Crippen molar-refractivity contribution in [1.29, 1.82) is 0 Å². The quantitative estimate of drug-likeness (QED) is 0.428. The summed E-state index contributed by atoms with van der Waals surface area (Å²) in [6.45, 7) is -0.495. The third kappa shape index (κ3) is 4.50. The van der Waals surface area contributed by atoms with E-state index in [-0.39, 0.29) is 40.3 Å². The van der Waals surface area contributed by atoms with E-state index in [0.717, 1.165) is 25.3 Å². The highest BCUT2D eigenvalue weighted by Gasteiger charge is 2.72. The number of aliphatic hydroxyl groups is 1. The topological polar surface area (TPSA) is 83.9 Å². The molecule has 2 atom stereocenters. The van der Waals surface area contributed by atoms with E-state index in [1.165, 1.54) is 29.2 Å². The minimum absolute atomic E-state index is 0.00753. The first-order valence-corrected chi connectivity index (χ1v) is 14.9. The van der Waals surface area contributed by atoms with Crippen molar-refractivity contribution in [2.45, 2.75) is 72.2 Å². The number of rotatable bonds is 4. The van der Waals surface area contributed by atoms with Crippen LogP contribution in [0, 0.1) is 5.92 Å². The van der Waals surface area contributed by atoms with Gasteiger partial charge in [0.2, 0.25) is 5.91 Å². The molecule has 1 N–H and O–H groups in total. The molecular weight excluding hydrogens is 600 g/mol. The summed E-state index contributed by atoms with van der Waals surface area (Å²) in [7, 11) is -4.43. The predicted molar refractivity (Wildman–Crippen MR) is 135 cm³/mol. The Morgan fingerprint density at radius 1 is 0.976 bits per heavy atom. The number of amides is 1. The fourth-order valence-corrected chi connectivity index (χ4v) is 8.82. The molecule has 2 aromatic rings. The molecule has 0 aromatic heterocycles. The van der Waals surface area contributed by atoms with Gasteiger partial charge in [-0.25, -0.2) is 8.42 Å². The summed E-state index contributed by atoms with van der Waals surface area (Å²) in [6.07, 6.45) is -8.52. The highest BCUT2D eigenvalue weighted by atomic mass is 35.5. The second-order valence-electron chi connectivity index (χ2n) is 10.7. The number of hydrogen-bond acceptors (Lipinski definition) is 5. The Bertz CT molecular complexity index is 1430. The minimum Gasteiger partial charge on any atom is -0.491 e. The maximum atomic E-state index is 14.4. The number of carbonyl (C=O) groups is 1. The van der Waals surface area contributed by atoms with Gasteiger partial charge in [-0.3, -0.25) is 4.79 Å². The first-order chi connectivity index (χ1) is 19.1. The van der Waals surface area contributed by atoms with Crippen molar-refractivity contribution in [3.63, 3.8) is 0 Å². The Morgan fingerprint density at radius 2 is 1.59 bits per heavy atom. The molecule has 5 rings (SSSR count). The number of alkyl halides is 6. The fourth-order valence-electron chi connectivity index (χ4n) is 6.40. The van der Waals surface area contributed by atoms with Gasteiger partial charge in [0.25, 0.3) is 5.60 Å². The summed E-state index contributed by atoms with van der Waals surface area (Å²) in [5, 5.41) is 10.2. The molecule has 0 bridgehead atoms. The van der Waals surface area contributed by atoms with Gasteiger partial charge < -0.3 is 14.7 Å². The highest BCUT2D eigenvalue weighted by Crippen LogP contribution is 2.56. The molecule has 2 aromatic carbocycles. The Hall–Kier alpha value is -2.51. The Labute approximate surface area is 237 Å². The van der Waals surface area contributed by atoms with Gasteiger partial charge in [0.15, 0.2) is 9.84 Å². The summed E-state index contributed by atoms with van der Waals surface area (Å²) in [5.41, 5.74) is -6.98. The van der Waals surface area contributed by atoms with Crippen LogP contribution in [0.5, 0.6) is 5.75 Å². The van der Waals surface area contributed by atoms with Crippen LogP contribution in [-0.2, 0) is 25.0 Å². The van der Waals surface area contributed by atoms with Crippen molar-refractivity contribution in [2.24, 2.45) is 5.92 Å². The van der Waals surface area contributed by atoms with Crippen LogP contribution in [0.15, 0.2) is 47.4 Å². The van der Waals surface area contributed by atoms with Gasteiger partial charge in [0, 0.05) is 28.6 Å².